The summed E-state index contributed by atoms with van der Waals surface area (Å²) in [5.74, 6) is 1.17. The van der Waals surface area contributed by atoms with Crippen LogP contribution in [0.3, 0.4) is 0 Å². The van der Waals surface area contributed by atoms with Crippen LogP contribution in [-0.4, -0.2) is 24.1 Å². The summed E-state index contributed by atoms with van der Waals surface area (Å²) in [6, 6.07) is 120. The second-order valence-corrected chi connectivity index (χ2v) is 24.4. The molecule has 0 amide bonds. The molecule has 98 heavy (non-hydrogen) atoms. The lowest BCUT2D eigenvalue weighted by atomic mass is 9.96. The molecule has 8 heteroatoms. The maximum Gasteiger partial charge on any atom is 0.166 e. The number of rotatable bonds is 12. The topological polar surface area (TPSA) is 120 Å². The number of hydrogen-bond acceptors (Lipinski definition) is 6. The number of hydrogen-bond donors (Lipinski definition) is 0. The molecule has 0 atom stereocenters. The van der Waals surface area contributed by atoms with Gasteiger partial charge in [-0.05, 0) is 181 Å². The maximum absolute atomic E-state index is 10.8. The summed E-state index contributed by atoms with van der Waals surface area (Å²) >= 11 is 0. The van der Waals surface area contributed by atoms with Crippen LogP contribution >= 0.6 is 0 Å². The van der Waals surface area contributed by atoms with Crippen LogP contribution in [0.25, 0.3) is 167 Å². The average molecular weight is 1250 g/mol. The van der Waals surface area contributed by atoms with E-state index in [0.717, 1.165) is 138 Å². The molecule has 0 N–H and O–H groups in total. The summed E-state index contributed by atoms with van der Waals surface area (Å²) in [6.07, 6.45) is 0. The summed E-state index contributed by atoms with van der Waals surface area (Å²) in [4.78, 5) is 17.1. The van der Waals surface area contributed by atoms with Gasteiger partial charge in [0.1, 0.15) is 0 Å². The Morgan fingerprint density at radius 2 is 0.520 bits per heavy atom. The normalized spacial score (nSPS) is 11.2. The smallest absolute Gasteiger partial charge is 0.166 e. The molecule has 0 unspecified atom stereocenters. The number of fused-ring (bicyclic) bond motifs is 6. The van der Waals surface area contributed by atoms with Crippen molar-refractivity contribution >= 4 is 43.6 Å². The number of nitriles is 3. The lowest BCUT2D eigenvalue weighted by molar-refractivity contribution is 1.06. The fourth-order valence-corrected chi connectivity index (χ4v) is 13.9. The third kappa shape index (κ3) is 10.4. The van der Waals surface area contributed by atoms with Crippen molar-refractivity contribution in [3.05, 3.63) is 344 Å². The average Bonchev–Trinajstić information content (AvgIpc) is 1.57. The van der Waals surface area contributed by atoms with Gasteiger partial charge in [0.05, 0.1) is 68.3 Å². The van der Waals surface area contributed by atoms with E-state index in [2.05, 4.69) is 246 Å². The van der Waals surface area contributed by atoms with Crippen LogP contribution in [0, 0.1) is 34.0 Å². The zero-order valence-electron chi connectivity index (χ0n) is 52.8. The van der Waals surface area contributed by atoms with Gasteiger partial charge in [-0.3, -0.25) is 0 Å². The third-order valence-corrected chi connectivity index (χ3v) is 18.7. The van der Waals surface area contributed by atoms with E-state index in [9.17, 15) is 15.8 Å². The Morgan fingerprint density at radius 1 is 0.214 bits per heavy atom. The largest absolute Gasteiger partial charge is 0.308 e. The highest BCUT2D eigenvalue weighted by atomic mass is 15.1. The van der Waals surface area contributed by atoms with Crippen LogP contribution in [-0.2, 0) is 0 Å². The van der Waals surface area contributed by atoms with Crippen LogP contribution in [0.2, 0.25) is 0 Å². The third-order valence-electron chi connectivity index (χ3n) is 18.7. The van der Waals surface area contributed by atoms with E-state index < -0.39 is 0 Å². The summed E-state index contributed by atoms with van der Waals surface area (Å²) in [5.41, 5.74) is 23.0. The fourth-order valence-electron chi connectivity index (χ4n) is 13.9. The van der Waals surface area contributed by atoms with Crippen molar-refractivity contribution < 1.29 is 0 Å². The number of nitrogens with zero attached hydrogens (tertiary/aromatic N) is 8. The zero-order valence-corrected chi connectivity index (χ0v) is 52.8. The number of aromatic nitrogens is 5. The fraction of sp³-hybridized carbons (Fsp3) is 0. The minimum Gasteiger partial charge on any atom is -0.308 e. The Bertz CT molecular complexity index is 5610. The summed E-state index contributed by atoms with van der Waals surface area (Å²) in [6.45, 7) is 0. The van der Waals surface area contributed by atoms with Crippen LogP contribution in [0.4, 0.5) is 0 Å². The predicted octanol–water partition coefficient (Wildman–Crippen LogP) is 22.4. The molecule has 0 fully saturated rings. The standard InChI is InChI=1S/C90H54N8/c91-55-58-32-34-63(35-33-58)64-28-17-29-71(48-64)88-94-89(80-53-69(74-30-15-13-26-72(74)56-92)40-46-86(80)97-82-42-36-65(59-18-5-1-6-19-59)49-76(82)77-50-66(37-43-83(77)97)60-20-7-2-8-21-60)96-90(95-88)81-54-70(75-31-16-14-27-73(75)57-93)41-47-87(81)98-84-44-38-67(61-22-9-3-10-23-61)51-78(84)79-52-68(39-45-85(79)98)62-24-11-4-12-25-62/h1-54H. The van der Waals surface area contributed by atoms with Crippen molar-refractivity contribution in [1.29, 1.82) is 15.8 Å². The molecule has 3 aromatic heterocycles. The molecule has 0 aliphatic carbocycles. The molecule has 0 aliphatic heterocycles. The lowest BCUT2D eigenvalue weighted by Gasteiger charge is -2.19. The lowest BCUT2D eigenvalue weighted by Crippen LogP contribution is -2.06. The van der Waals surface area contributed by atoms with Gasteiger partial charge in [-0.15, -0.1) is 0 Å². The molecule has 0 radical (unpaired) electrons. The summed E-state index contributed by atoms with van der Waals surface area (Å²) in [7, 11) is 0. The first-order valence-corrected chi connectivity index (χ1v) is 32.5. The van der Waals surface area contributed by atoms with Gasteiger partial charge in [0.2, 0.25) is 0 Å². The summed E-state index contributed by atoms with van der Waals surface area (Å²) < 4.78 is 4.66. The zero-order chi connectivity index (χ0) is 65.6. The Labute approximate surface area is 566 Å². The monoisotopic (exact) mass is 1250 g/mol. The SMILES string of the molecule is N#Cc1ccc(-c2cccc(-c3nc(-c4cc(-c5ccccc5C#N)ccc4-n4c5ccc(-c6ccccc6)cc5c5cc(-c6ccccc6)ccc54)nc(-c4cc(-c5ccccc5C#N)ccc4-n4c5ccc(-c6ccccc6)cc5c5cc(-c6ccccc6)ccc54)n3)c2)cc1. The van der Waals surface area contributed by atoms with Crippen LogP contribution in [0.15, 0.2) is 328 Å². The highest BCUT2D eigenvalue weighted by molar-refractivity contribution is 6.14. The van der Waals surface area contributed by atoms with Crippen molar-refractivity contribution in [2.24, 2.45) is 0 Å². The quantitative estimate of drug-likeness (QED) is 0.120. The van der Waals surface area contributed by atoms with Gasteiger partial charge in [-0.25, -0.2) is 15.0 Å². The van der Waals surface area contributed by atoms with Crippen LogP contribution < -0.4 is 0 Å². The molecule has 17 aromatic rings. The van der Waals surface area contributed by atoms with E-state index in [-0.39, 0.29) is 0 Å². The first kappa shape index (κ1) is 58.0. The van der Waals surface area contributed by atoms with E-state index >= 15 is 0 Å². The molecule has 454 valence electrons. The van der Waals surface area contributed by atoms with E-state index in [1.54, 1.807) is 0 Å². The first-order chi connectivity index (χ1) is 48.4. The molecule has 0 spiro atoms. The second-order valence-electron chi connectivity index (χ2n) is 24.4. The van der Waals surface area contributed by atoms with Crippen molar-refractivity contribution in [2.45, 2.75) is 0 Å². The maximum atomic E-state index is 10.8. The van der Waals surface area contributed by atoms with Gasteiger partial charge in [0.15, 0.2) is 17.5 Å². The predicted molar refractivity (Wildman–Crippen MR) is 397 cm³/mol. The van der Waals surface area contributed by atoms with E-state index in [1.807, 2.05) is 109 Å². The Hall–Kier alpha value is -13.8. The molecule has 0 bridgehead atoms. The highest BCUT2D eigenvalue weighted by Crippen LogP contribution is 2.45. The molecule has 14 aromatic carbocycles. The minimum absolute atomic E-state index is 0.382. The van der Waals surface area contributed by atoms with Gasteiger partial charge < -0.3 is 9.13 Å². The molecule has 3 heterocycles. The van der Waals surface area contributed by atoms with Crippen molar-refractivity contribution in [3.63, 3.8) is 0 Å². The van der Waals surface area contributed by atoms with Crippen LogP contribution in [0.5, 0.6) is 0 Å². The molecular formula is C90H54N8. The molecule has 0 saturated heterocycles. The van der Waals surface area contributed by atoms with Gasteiger partial charge in [0, 0.05) is 38.2 Å². The van der Waals surface area contributed by atoms with Gasteiger partial charge in [-0.1, -0.05) is 224 Å². The van der Waals surface area contributed by atoms with Gasteiger partial charge >= 0.3 is 0 Å². The molecule has 8 nitrogen and oxygen atoms in total. The first-order valence-electron chi connectivity index (χ1n) is 32.5. The van der Waals surface area contributed by atoms with Crippen molar-refractivity contribution in [1.82, 2.24) is 24.1 Å². The summed E-state index contributed by atoms with van der Waals surface area (Å²) in [5, 5.41) is 35.6. The Kier molecular flexibility index (Phi) is 14.5. The number of benzene rings is 14. The van der Waals surface area contributed by atoms with E-state index in [0.29, 0.717) is 45.3 Å². The van der Waals surface area contributed by atoms with E-state index in [4.69, 9.17) is 15.0 Å². The highest BCUT2D eigenvalue weighted by Gasteiger charge is 2.26. The Balaban J connectivity index is 0.977. The van der Waals surface area contributed by atoms with Crippen LogP contribution in [0.1, 0.15) is 16.7 Å². The van der Waals surface area contributed by atoms with E-state index in [1.165, 1.54) is 0 Å². The minimum atomic E-state index is 0.382. The second kappa shape index (κ2) is 24.6. The molecular weight excluding hydrogens is 1190 g/mol. The molecule has 17 rings (SSSR count). The van der Waals surface area contributed by atoms with Crippen molar-refractivity contribution in [3.8, 4) is 142 Å². The molecule has 0 aliphatic rings. The van der Waals surface area contributed by atoms with Gasteiger partial charge in [0.25, 0.3) is 0 Å². The van der Waals surface area contributed by atoms with Gasteiger partial charge in [-0.2, -0.15) is 15.8 Å². The molecule has 0 saturated carbocycles. The Morgan fingerprint density at radius 3 is 0.898 bits per heavy atom. The van der Waals surface area contributed by atoms with Crippen molar-refractivity contribution in [2.75, 3.05) is 0 Å².